The number of carbonyl (C=O) groups is 1. The molecule has 7 heteroatoms. The van der Waals surface area contributed by atoms with Crippen LogP contribution in [0, 0.1) is 0 Å². The van der Waals surface area contributed by atoms with Gasteiger partial charge in [-0.2, -0.15) is 0 Å². The molecule has 2 heterocycles. The first-order valence-electron chi connectivity index (χ1n) is 13.4. The molecule has 3 aromatic rings. The number of benzene rings is 1. The van der Waals surface area contributed by atoms with E-state index in [1.165, 1.54) is 0 Å². The van der Waals surface area contributed by atoms with Gasteiger partial charge in [0, 0.05) is 34.7 Å². The number of allylic oxidation sites excluding steroid dienone is 5. The van der Waals surface area contributed by atoms with Gasteiger partial charge < -0.3 is 14.8 Å². The molecule has 1 aromatic carbocycles. The second-order valence-corrected chi connectivity index (χ2v) is 10.9. The summed E-state index contributed by atoms with van der Waals surface area (Å²) >= 11 is 0. The highest BCUT2D eigenvalue weighted by molar-refractivity contribution is 5.86. The lowest BCUT2D eigenvalue weighted by Gasteiger charge is -2.43. The van der Waals surface area contributed by atoms with Crippen LogP contribution in [-0.4, -0.2) is 33.3 Å². The molecular formula is C33H38N4O3. The number of nitrogens with one attached hydrogen (secondary N) is 1. The average molecular weight is 539 g/mol. The molecule has 0 aliphatic heterocycles. The Bertz CT molecular complexity index is 1470. The fraction of sp³-hybridized carbons (Fsp3) is 0.303. The summed E-state index contributed by atoms with van der Waals surface area (Å²) in [6.07, 6.45) is 9.60. The first-order valence-corrected chi connectivity index (χ1v) is 13.4. The second kappa shape index (κ2) is 11.4. The van der Waals surface area contributed by atoms with Gasteiger partial charge in [0.1, 0.15) is 11.4 Å². The van der Waals surface area contributed by atoms with Gasteiger partial charge in [-0.1, -0.05) is 56.2 Å². The Morgan fingerprint density at radius 2 is 1.82 bits per heavy atom. The van der Waals surface area contributed by atoms with E-state index in [1.54, 1.807) is 19.4 Å². The number of hydrogen-bond donors (Lipinski definition) is 1. The molecule has 0 atom stereocenters. The highest BCUT2D eigenvalue weighted by atomic mass is 16.6. The average Bonchev–Trinajstić information content (AvgIpc) is 3.30. The van der Waals surface area contributed by atoms with Crippen molar-refractivity contribution in [3.63, 3.8) is 0 Å². The zero-order valence-corrected chi connectivity index (χ0v) is 24.1. The van der Waals surface area contributed by atoms with Gasteiger partial charge in [0.25, 0.3) is 0 Å². The maximum atomic E-state index is 12.7. The first-order chi connectivity index (χ1) is 19.0. The van der Waals surface area contributed by atoms with Gasteiger partial charge in [0.05, 0.1) is 24.0 Å². The van der Waals surface area contributed by atoms with Crippen LogP contribution in [0.15, 0.2) is 80.6 Å². The van der Waals surface area contributed by atoms with Crippen LogP contribution in [0.25, 0.3) is 33.8 Å². The summed E-state index contributed by atoms with van der Waals surface area (Å²) in [6, 6.07) is 12.0. The van der Waals surface area contributed by atoms with Gasteiger partial charge in [-0.3, -0.25) is 4.57 Å². The smallest absolute Gasteiger partial charge is 0.408 e. The monoisotopic (exact) mass is 538 g/mol. The minimum Gasteiger partial charge on any atom is -0.481 e. The first kappa shape index (κ1) is 28.6. The molecule has 1 N–H and O–H groups in total. The Labute approximate surface area is 237 Å². The standard InChI is InChI=1S/C33H38N4O3/c1-9-12-23(4)37-29(28(35-30(37)22(3)10-2)25-17-20-34-27(21-25)39-8)24-13-15-26(16-14-24)33(18-11-19-33)36-31(38)40-32(5,6)7/h9-10,12-17,20-21H,2-4,11,18-19H2,1,5-8H3,(H,36,38). The number of hydrogen-bond acceptors (Lipinski definition) is 5. The second-order valence-electron chi connectivity index (χ2n) is 10.9. The molecule has 1 fully saturated rings. The third kappa shape index (κ3) is 5.78. The number of aromatic nitrogens is 3. The van der Waals surface area contributed by atoms with Crippen molar-refractivity contribution in [1.29, 1.82) is 0 Å². The van der Waals surface area contributed by atoms with E-state index in [-0.39, 0.29) is 0 Å². The van der Waals surface area contributed by atoms with Crippen molar-refractivity contribution in [3.8, 4) is 28.4 Å². The minimum atomic E-state index is -0.564. The summed E-state index contributed by atoms with van der Waals surface area (Å²) in [5, 5.41) is 3.14. The number of methoxy groups -OCH3 is 1. The highest BCUT2D eigenvalue weighted by Crippen LogP contribution is 2.43. The summed E-state index contributed by atoms with van der Waals surface area (Å²) in [5.74, 6) is 1.13. The van der Waals surface area contributed by atoms with E-state index >= 15 is 0 Å². The Morgan fingerprint density at radius 1 is 1.12 bits per heavy atom. The van der Waals surface area contributed by atoms with Crippen LogP contribution in [0.5, 0.6) is 5.88 Å². The van der Waals surface area contributed by atoms with Crippen LogP contribution in [0.4, 0.5) is 4.79 Å². The highest BCUT2D eigenvalue weighted by Gasteiger charge is 2.41. The van der Waals surface area contributed by atoms with Crippen LogP contribution in [0.1, 0.15) is 58.3 Å². The number of nitrogens with zero attached hydrogens (tertiary/aromatic N) is 3. The number of imidazole rings is 1. The molecule has 4 rings (SSSR count). The van der Waals surface area contributed by atoms with Crippen LogP contribution in [0.3, 0.4) is 0 Å². The molecule has 2 aromatic heterocycles. The van der Waals surface area contributed by atoms with E-state index < -0.39 is 17.2 Å². The van der Waals surface area contributed by atoms with E-state index in [1.807, 2.05) is 56.5 Å². The predicted molar refractivity (Wildman–Crippen MR) is 162 cm³/mol. The largest absolute Gasteiger partial charge is 0.481 e. The summed E-state index contributed by atoms with van der Waals surface area (Å²) in [5.41, 5.74) is 4.80. The van der Waals surface area contributed by atoms with Gasteiger partial charge in [0.15, 0.2) is 0 Å². The Morgan fingerprint density at radius 3 is 2.38 bits per heavy atom. The molecule has 0 radical (unpaired) electrons. The Hall–Kier alpha value is -4.39. The molecular weight excluding hydrogens is 500 g/mol. The molecule has 0 bridgehead atoms. The van der Waals surface area contributed by atoms with E-state index in [9.17, 15) is 4.79 Å². The quantitative estimate of drug-likeness (QED) is 0.282. The molecule has 1 saturated carbocycles. The third-order valence-electron chi connectivity index (χ3n) is 6.93. The Balaban J connectivity index is 1.85. The molecule has 0 saturated heterocycles. The van der Waals surface area contributed by atoms with Crippen molar-refractivity contribution in [1.82, 2.24) is 19.9 Å². The minimum absolute atomic E-state index is 0.404. The van der Waals surface area contributed by atoms with E-state index in [0.717, 1.165) is 53.0 Å². The number of carbonyl (C=O) groups excluding carboxylic acids is 1. The molecule has 1 aliphatic carbocycles. The van der Waals surface area contributed by atoms with Crippen molar-refractivity contribution in [2.24, 2.45) is 0 Å². The lowest BCUT2D eigenvalue weighted by Crippen LogP contribution is -2.52. The van der Waals surface area contributed by atoms with Gasteiger partial charge in [-0.25, -0.2) is 14.8 Å². The fourth-order valence-corrected chi connectivity index (χ4v) is 4.87. The zero-order chi connectivity index (χ0) is 29.1. The number of pyridine rings is 1. The fourth-order valence-electron chi connectivity index (χ4n) is 4.87. The van der Waals surface area contributed by atoms with Gasteiger partial charge in [-0.05, 0) is 64.7 Å². The third-order valence-corrected chi connectivity index (χ3v) is 6.93. The van der Waals surface area contributed by atoms with E-state index in [0.29, 0.717) is 17.3 Å². The van der Waals surface area contributed by atoms with Crippen LogP contribution in [-0.2, 0) is 10.3 Å². The molecule has 7 nitrogen and oxygen atoms in total. The predicted octanol–water partition coefficient (Wildman–Crippen LogP) is 7.77. The van der Waals surface area contributed by atoms with Crippen molar-refractivity contribution in [2.45, 2.75) is 58.1 Å². The van der Waals surface area contributed by atoms with Crippen molar-refractivity contribution in [2.75, 3.05) is 7.11 Å². The maximum absolute atomic E-state index is 12.7. The SMILES string of the molecule is C=CC(=C)c1nc(-c2ccnc(OC)c2)c(-c2ccc(C3(NC(=O)OC(C)(C)C)CCC3)cc2)n1C(=C)C=CC. The van der Waals surface area contributed by atoms with Crippen molar-refractivity contribution in [3.05, 3.63) is 91.9 Å². The van der Waals surface area contributed by atoms with E-state index in [2.05, 4.69) is 54.3 Å². The van der Waals surface area contributed by atoms with Gasteiger partial charge >= 0.3 is 6.09 Å². The number of amides is 1. The van der Waals surface area contributed by atoms with Gasteiger partial charge in [0.2, 0.25) is 5.88 Å². The molecule has 1 aliphatic rings. The van der Waals surface area contributed by atoms with Crippen molar-refractivity contribution < 1.29 is 14.3 Å². The summed E-state index contributed by atoms with van der Waals surface area (Å²) in [7, 11) is 1.59. The van der Waals surface area contributed by atoms with Crippen LogP contribution in [0.2, 0.25) is 0 Å². The number of alkyl carbamates (subject to hydrolysis) is 1. The maximum Gasteiger partial charge on any atom is 0.408 e. The molecule has 40 heavy (non-hydrogen) atoms. The topological polar surface area (TPSA) is 78.3 Å². The summed E-state index contributed by atoms with van der Waals surface area (Å²) in [6.45, 7) is 20.0. The number of rotatable bonds is 9. The molecule has 0 spiro atoms. The van der Waals surface area contributed by atoms with Gasteiger partial charge in [-0.15, -0.1) is 0 Å². The molecule has 0 unspecified atom stereocenters. The van der Waals surface area contributed by atoms with Crippen LogP contribution < -0.4 is 10.1 Å². The normalized spacial score (nSPS) is 14.3. The van der Waals surface area contributed by atoms with Crippen LogP contribution >= 0.6 is 0 Å². The summed E-state index contributed by atoms with van der Waals surface area (Å²) in [4.78, 5) is 22.0. The summed E-state index contributed by atoms with van der Waals surface area (Å²) < 4.78 is 13.0. The zero-order valence-electron chi connectivity index (χ0n) is 24.1. The number of ether oxygens (including phenoxy) is 2. The van der Waals surface area contributed by atoms with E-state index in [4.69, 9.17) is 14.5 Å². The Kier molecular flexibility index (Phi) is 8.14. The lowest BCUT2D eigenvalue weighted by molar-refractivity contribution is 0.0377. The molecule has 208 valence electrons. The molecule has 1 amide bonds. The van der Waals surface area contributed by atoms with Crippen molar-refractivity contribution >= 4 is 17.4 Å². The lowest BCUT2D eigenvalue weighted by atomic mass is 9.71.